The molecule has 0 spiro atoms. The van der Waals surface area contributed by atoms with Crippen LogP contribution >= 0.6 is 0 Å². The summed E-state index contributed by atoms with van der Waals surface area (Å²) >= 11 is 0. The number of hydrogen-bond acceptors (Lipinski definition) is 6. The molecular weight excluding hydrogens is 418 g/mol. The number of ether oxygens (including phenoxy) is 2. The molecule has 2 aromatic rings. The molecule has 1 saturated heterocycles. The van der Waals surface area contributed by atoms with Crippen molar-refractivity contribution in [2.24, 2.45) is 0 Å². The minimum absolute atomic E-state index is 0.103. The van der Waals surface area contributed by atoms with Gasteiger partial charge in [-0.1, -0.05) is 18.2 Å². The van der Waals surface area contributed by atoms with Crippen LogP contribution in [0.15, 0.2) is 53.4 Å². The van der Waals surface area contributed by atoms with Gasteiger partial charge < -0.3 is 19.7 Å². The molecule has 0 radical (unpaired) electrons. The van der Waals surface area contributed by atoms with Crippen molar-refractivity contribution < 1.29 is 22.7 Å². The van der Waals surface area contributed by atoms with E-state index in [1.54, 1.807) is 6.07 Å². The fourth-order valence-electron chi connectivity index (χ4n) is 3.24. The van der Waals surface area contributed by atoms with Crippen LogP contribution in [0, 0.1) is 0 Å². The van der Waals surface area contributed by atoms with Gasteiger partial charge in [0, 0.05) is 25.8 Å². The van der Waals surface area contributed by atoms with Gasteiger partial charge >= 0.3 is 0 Å². The van der Waals surface area contributed by atoms with E-state index in [1.807, 2.05) is 56.1 Å². The molecule has 1 amide bonds. The Kier molecular flexibility index (Phi) is 7.53. The molecule has 1 heterocycles. The number of morpholine rings is 1. The normalized spacial score (nSPS) is 15.0. The molecule has 31 heavy (non-hydrogen) atoms. The van der Waals surface area contributed by atoms with E-state index in [9.17, 15) is 13.2 Å². The SMILES string of the molecule is CC(C)Oc1ccc(S(=O)(=O)N2CCOCC2)cc1NC(=O)CN(C)c1ccccc1. The molecule has 8 nitrogen and oxygen atoms in total. The Morgan fingerprint density at radius 3 is 2.48 bits per heavy atom. The van der Waals surface area contributed by atoms with Crippen LogP contribution in [0.4, 0.5) is 11.4 Å². The van der Waals surface area contributed by atoms with Crippen LogP contribution in [-0.2, 0) is 19.6 Å². The van der Waals surface area contributed by atoms with Crippen molar-refractivity contribution in [3.8, 4) is 5.75 Å². The average Bonchev–Trinajstić information content (AvgIpc) is 2.75. The summed E-state index contributed by atoms with van der Waals surface area (Å²) in [5.41, 5.74) is 1.23. The van der Waals surface area contributed by atoms with E-state index in [1.165, 1.54) is 16.4 Å². The molecule has 1 aliphatic rings. The first-order valence-corrected chi connectivity index (χ1v) is 11.7. The maximum atomic E-state index is 13.0. The second-order valence-electron chi connectivity index (χ2n) is 7.58. The van der Waals surface area contributed by atoms with Crippen molar-refractivity contribution in [2.75, 3.05) is 50.1 Å². The standard InChI is InChI=1S/C22H29N3O5S/c1-17(2)30-21-10-9-19(31(27,28)25-11-13-29-14-12-25)15-20(21)23-22(26)16-24(3)18-7-5-4-6-8-18/h4-10,15,17H,11-14,16H2,1-3H3,(H,23,26). The Balaban J connectivity index is 1.82. The lowest BCUT2D eigenvalue weighted by molar-refractivity contribution is -0.114. The van der Waals surface area contributed by atoms with Crippen LogP contribution in [0.1, 0.15) is 13.8 Å². The summed E-state index contributed by atoms with van der Waals surface area (Å²) < 4.78 is 38.5. The van der Waals surface area contributed by atoms with Crippen LogP contribution in [0.5, 0.6) is 5.75 Å². The second kappa shape index (κ2) is 10.1. The van der Waals surface area contributed by atoms with E-state index >= 15 is 0 Å². The van der Waals surface area contributed by atoms with Gasteiger partial charge in [-0.25, -0.2) is 8.42 Å². The zero-order chi connectivity index (χ0) is 22.4. The molecule has 1 N–H and O–H groups in total. The second-order valence-corrected chi connectivity index (χ2v) is 9.52. The van der Waals surface area contributed by atoms with Crippen LogP contribution in [-0.4, -0.2) is 64.6 Å². The number of amides is 1. The number of anilines is 2. The lowest BCUT2D eigenvalue weighted by Crippen LogP contribution is -2.40. The lowest BCUT2D eigenvalue weighted by Gasteiger charge is -2.26. The number of benzene rings is 2. The first-order valence-electron chi connectivity index (χ1n) is 10.2. The molecule has 3 rings (SSSR count). The van der Waals surface area contributed by atoms with Crippen molar-refractivity contribution >= 4 is 27.3 Å². The Labute approximate surface area is 183 Å². The highest BCUT2D eigenvalue weighted by Crippen LogP contribution is 2.30. The summed E-state index contributed by atoms with van der Waals surface area (Å²) in [7, 11) is -1.88. The van der Waals surface area contributed by atoms with E-state index in [0.717, 1.165) is 5.69 Å². The van der Waals surface area contributed by atoms with Crippen LogP contribution < -0.4 is 15.0 Å². The van der Waals surface area contributed by atoms with Crippen molar-refractivity contribution in [1.29, 1.82) is 0 Å². The van der Waals surface area contributed by atoms with Gasteiger partial charge in [-0.2, -0.15) is 4.31 Å². The van der Waals surface area contributed by atoms with E-state index < -0.39 is 10.0 Å². The molecule has 9 heteroatoms. The topological polar surface area (TPSA) is 88.2 Å². The zero-order valence-electron chi connectivity index (χ0n) is 18.1. The van der Waals surface area contributed by atoms with Gasteiger partial charge in [-0.15, -0.1) is 0 Å². The third kappa shape index (κ3) is 5.96. The van der Waals surface area contributed by atoms with Crippen molar-refractivity contribution in [3.63, 3.8) is 0 Å². The van der Waals surface area contributed by atoms with E-state index in [4.69, 9.17) is 9.47 Å². The molecule has 0 atom stereocenters. The minimum Gasteiger partial charge on any atom is -0.489 e. The Bertz CT molecular complexity index is 989. The van der Waals surface area contributed by atoms with E-state index in [2.05, 4.69) is 5.32 Å². The van der Waals surface area contributed by atoms with Gasteiger partial charge in [0.2, 0.25) is 15.9 Å². The third-order valence-electron chi connectivity index (χ3n) is 4.77. The fraction of sp³-hybridized carbons (Fsp3) is 0.409. The van der Waals surface area contributed by atoms with Gasteiger partial charge in [0.1, 0.15) is 5.75 Å². The highest BCUT2D eigenvalue weighted by Gasteiger charge is 2.27. The maximum Gasteiger partial charge on any atom is 0.243 e. The number of para-hydroxylation sites is 1. The smallest absolute Gasteiger partial charge is 0.243 e. The number of hydrogen-bond donors (Lipinski definition) is 1. The summed E-state index contributed by atoms with van der Waals surface area (Å²) in [6.07, 6.45) is -0.135. The zero-order valence-corrected chi connectivity index (χ0v) is 18.9. The van der Waals surface area contributed by atoms with Gasteiger partial charge in [-0.05, 0) is 44.2 Å². The Morgan fingerprint density at radius 2 is 1.84 bits per heavy atom. The predicted octanol–water partition coefficient (Wildman–Crippen LogP) is 2.57. The predicted molar refractivity (Wildman–Crippen MR) is 120 cm³/mol. The van der Waals surface area contributed by atoms with Crippen molar-refractivity contribution in [1.82, 2.24) is 4.31 Å². The Hall–Kier alpha value is -2.62. The minimum atomic E-state index is -3.70. The third-order valence-corrected chi connectivity index (χ3v) is 6.67. The molecule has 0 aromatic heterocycles. The lowest BCUT2D eigenvalue weighted by atomic mass is 10.2. The maximum absolute atomic E-state index is 13.0. The summed E-state index contributed by atoms with van der Waals surface area (Å²) in [5.74, 6) is 0.146. The van der Waals surface area contributed by atoms with Gasteiger partial charge in [0.05, 0.1) is 36.4 Å². The summed E-state index contributed by atoms with van der Waals surface area (Å²) in [4.78, 5) is 14.6. The summed E-state index contributed by atoms with van der Waals surface area (Å²) in [5, 5.41) is 2.82. The number of nitrogens with zero attached hydrogens (tertiary/aromatic N) is 2. The van der Waals surface area contributed by atoms with E-state index in [0.29, 0.717) is 37.7 Å². The first kappa shape index (κ1) is 23.1. The molecule has 1 fully saturated rings. The number of sulfonamides is 1. The molecule has 168 valence electrons. The Morgan fingerprint density at radius 1 is 1.16 bits per heavy atom. The van der Waals surface area contributed by atoms with Crippen LogP contribution in [0.25, 0.3) is 0 Å². The monoisotopic (exact) mass is 447 g/mol. The molecule has 0 saturated carbocycles. The number of rotatable bonds is 8. The number of carbonyl (C=O) groups excluding carboxylic acids is 1. The molecular formula is C22H29N3O5S. The molecule has 1 aliphatic heterocycles. The number of nitrogens with one attached hydrogen (secondary N) is 1. The quantitative estimate of drug-likeness (QED) is 0.669. The number of carbonyl (C=O) groups is 1. The largest absolute Gasteiger partial charge is 0.489 e. The van der Waals surface area contributed by atoms with Gasteiger partial charge in [0.15, 0.2) is 0 Å². The average molecular weight is 448 g/mol. The van der Waals surface area contributed by atoms with Crippen LogP contribution in [0.2, 0.25) is 0 Å². The molecule has 0 unspecified atom stereocenters. The fourth-order valence-corrected chi connectivity index (χ4v) is 4.67. The highest BCUT2D eigenvalue weighted by atomic mass is 32.2. The van der Waals surface area contributed by atoms with Gasteiger partial charge in [-0.3, -0.25) is 4.79 Å². The van der Waals surface area contributed by atoms with E-state index in [-0.39, 0.29) is 23.5 Å². The van der Waals surface area contributed by atoms with Crippen molar-refractivity contribution in [3.05, 3.63) is 48.5 Å². The number of likely N-dealkylation sites (N-methyl/N-ethyl adjacent to an activating group) is 1. The molecule has 2 aromatic carbocycles. The highest BCUT2D eigenvalue weighted by molar-refractivity contribution is 7.89. The summed E-state index contributed by atoms with van der Waals surface area (Å²) in [6, 6.07) is 14.1. The van der Waals surface area contributed by atoms with Crippen molar-refractivity contribution in [2.45, 2.75) is 24.8 Å². The first-order chi connectivity index (χ1) is 14.8. The molecule has 0 aliphatic carbocycles. The summed E-state index contributed by atoms with van der Waals surface area (Å²) in [6.45, 7) is 5.17. The van der Waals surface area contributed by atoms with Gasteiger partial charge in [0.25, 0.3) is 0 Å². The molecule has 0 bridgehead atoms. The van der Waals surface area contributed by atoms with Crippen LogP contribution in [0.3, 0.4) is 0 Å².